The Morgan fingerprint density at radius 3 is 1.25 bits per heavy atom. The molecule has 0 bridgehead atoms. The SMILES string of the molecule is CNC(=O)c1c(F)c(F)c(N=[N+]=[N-])c(F)c1F.CNC(=O)c1cc(F)c(N=[N+]=[N-])c(F)c1.CNC(=O)c1cc(F)c(N=[N+]=[N-])c(F)c1F.CNC(=O)c1ccc(N=[N+]=[N-])cc1. The molecule has 20 nitrogen and oxygen atoms in total. The Morgan fingerprint density at radius 1 is 0.443 bits per heavy atom. The normalized spacial score (nSPS) is 9.33. The fraction of sp³-hybridized carbons (Fsp3) is 0.125. The van der Waals surface area contributed by atoms with E-state index in [4.69, 9.17) is 22.1 Å². The molecule has 0 unspecified atom stereocenters. The number of amides is 4. The second-order valence-electron chi connectivity index (χ2n) is 10.3. The standard InChI is InChI=1S/C8H4F4N4O.C8H5F3N4O.C8H6F2N4O.C8H8N4O/c1-14-8(17)2-3(9)5(11)7(15-16-13)6(12)4(2)10;1-13-8(16)3-2-4(9)7(14-15-12)6(11)5(3)10;1-12-8(15)4-2-5(9)7(13-14-11)6(10)3-4;1-10-8(13)6-2-4-7(5-3-6)11-12-9/h1H3,(H,14,17);2H,1H3,(H,13,16);2-3H,1H3,(H,12,15);2-5H,1H3,(H,10,13). The number of azide groups is 4. The summed E-state index contributed by atoms with van der Waals surface area (Å²) in [4.78, 5) is 53.2. The predicted octanol–water partition coefficient (Wildman–Crippen LogP) is 9.20. The van der Waals surface area contributed by atoms with Gasteiger partial charge < -0.3 is 21.3 Å². The maximum Gasteiger partial charge on any atom is 0.257 e. The van der Waals surface area contributed by atoms with Gasteiger partial charge in [0.25, 0.3) is 23.6 Å². The summed E-state index contributed by atoms with van der Waals surface area (Å²) < 4.78 is 119. The molecule has 0 aliphatic carbocycles. The van der Waals surface area contributed by atoms with E-state index in [1.165, 1.54) is 14.1 Å². The van der Waals surface area contributed by atoms with E-state index in [0.717, 1.165) is 19.2 Å². The van der Waals surface area contributed by atoms with Gasteiger partial charge in [0.05, 0.1) is 5.56 Å². The van der Waals surface area contributed by atoms with Crippen molar-refractivity contribution in [3.63, 3.8) is 0 Å². The number of hydrogen-bond acceptors (Lipinski definition) is 8. The highest BCUT2D eigenvalue weighted by molar-refractivity contribution is 5.96. The minimum Gasteiger partial charge on any atom is -0.355 e. The highest BCUT2D eigenvalue weighted by Gasteiger charge is 2.28. The predicted molar refractivity (Wildman–Crippen MR) is 194 cm³/mol. The van der Waals surface area contributed by atoms with E-state index < -0.39 is 98.3 Å². The molecule has 0 spiro atoms. The fourth-order valence-corrected chi connectivity index (χ4v) is 3.96. The Bertz CT molecular complexity index is 2490. The summed E-state index contributed by atoms with van der Waals surface area (Å²) in [5.41, 5.74) is 27.5. The van der Waals surface area contributed by atoms with Crippen LogP contribution in [0.15, 0.2) is 62.9 Å². The summed E-state index contributed by atoms with van der Waals surface area (Å²) >= 11 is 0. The summed E-state index contributed by atoms with van der Waals surface area (Å²) in [5.74, 6) is -17.6. The molecule has 0 fully saturated rings. The summed E-state index contributed by atoms with van der Waals surface area (Å²) in [6.45, 7) is 0. The van der Waals surface area contributed by atoms with Crippen molar-refractivity contribution in [2.24, 2.45) is 20.5 Å². The minimum atomic E-state index is -1.93. The van der Waals surface area contributed by atoms with Crippen LogP contribution in [0.25, 0.3) is 41.8 Å². The molecule has 0 atom stereocenters. The number of nitrogens with zero attached hydrogens (tertiary/aromatic N) is 12. The number of rotatable bonds is 8. The first kappa shape index (κ1) is 50.4. The van der Waals surface area contributed by atoms with Gasteiger partial charge in [-0.2, -0.15) is 0 Å². The molecule has 4 aromatic rings. The maximum atomic E-state index is 13.2. The number of carbonyl (C=O) groups is 4. The van der Waals surface area contributed by atoms with Crippen LogP contribution in [0.3, 0.4) is 0 Å². The largest absolute Gasteiger partial charge is 0.355 e. The first-order valence-electron chi connectivity index (χ1n) is 15.6. The van der Waals surface area contributed by atoms with Crippen molar-refractivity contribution in [3.8, 4) is 0 Å². The van der Waals surface area contributed by atoms with Gasteiger partial charge in [-0.05, 0) is 52.5 Å². The van der Waals surface area contributed by atoms with Gasteiger partial charge in [0.2, 0.25) is 0 Å². The molecule has 4 rings (SSSR count). The molecular formula is C32H23F9N16O4. The molecule has 4 aromatic carbocycles. The van der Waals surface area contributed by atoms with Gasteiger partial charge in [-0.1, -0.05) is 32.6 Å². The zero-order valence-electron chi connectivity index (χ0n) is 30.9. The monoisotopic (exact) mass is 866 g/mol. The summed E-state index contributed by atoms with van der Waals surface area (Å²) in [6.07, 6.45) is 0. The first-order valence-corrected chi connectivity index (χ1v) is 15.6. The lowest BCUT2D eigenvalue weighted by molar-refractivity contribution is 0.0945. The lowest BCUT2D eigenvalue weighted by atomic mass is 10.1. The van der Waals surface area contributed by atoms with Crippen LogP contribution in [0.1, 0.15) is 41.4 Å². The number of benzene rings is 4. The minimum absolute atomic E-state index is 0.160. The van der Waals surface area contributed by atoms with Crippen LogP contribution >= 0.6 is 0 Å². The molecule has 0 heterocycles. The van der Waals surface area contributed by atoms with Crippen LogP contribution in [0, 0.1) is 52.4 Å². The zero-order chi connectivity index (χ0) is 46.6. The fourth-order valence-electron chi connectivity index (χ4n) is 3.96. The molecule has 0 aliphatic heterocycles. The van der Waals surface area contributed by atoms with Crippen molar-refractivity contribution in [2.45, 2.75) is 0 Å². The third kappa shape index (κ3) is 13.2. The highest BCUT2D eigenvalue weighted by Crippen LogP contribution is 2.31. The van der Waals surface area contributed by atoms with E-state index in [2.05, 4.69) is 45.8 Å². The molecule has 318 valence electrons. The Morgan fingerprint density at radius 2 is 0.820 bits per heavy atom. The summed E-state index contributed by atoms with van der Waals surface area (Å²) in [6, 6.07) is 8.43. The second kappa shape index (κ2) is 24.2. The Hall–Kier alpha value is -8.63. The molecule has 0 aliphatic rings. The van der Waals surface area contributed by atoms with E-state index in [0.29, 0.717) is 17.3 Å². The van der Waals surface area contributed by atoms with Crippen LogP contribution in [0.5, 0.6) is 0 Å². The highest BCUT2D eigenvalue weighted by atomic mass is 19.2. The van der Waals surface area contributed by atoms with Crippen molar-refractivity contribution in [2.75, 3.05) is 28.2 Å². The van der Waals surface area contributed by atoms with Gasteiger partial charge in [-0.25, -0.2) is 39.5 Å². The quantitative estimate of drug-likeness (QED) is 0.0442. The molecule has 61 heavy (non-hydrogen) atoms. The molecule has 4 N–H and O–H groups in total. The maximum absolute atomic E-state index is 13.2. The van der Waals surface area contributed by atoms with Gasteiger partial charge in [0.15, 0.2) is 34.9 Å². The number of nitrogens with one attached hydrogen (secondary N) is 4. The lowest BCUT2D eigenvalue weighted by Gasteiger charge is -2.07. The van der Waals surface area contributed by atoms with Gasteiger partial charge in [-0.3, -0.25) is 19.2 Å². The van der Waals surface area contributed by atoms with Crippen molar-refractivity contribution in [1.82, 2.24) is 21.3 Å². The van der Waals surface area contributed by atoms with Gasteiger partial charge >= 0.3 is 0 Å². The lowest BCUT2D eigenvalue weighted by Crippen LogP contribution is -2.22. The smallest absolute Gasteiger partial charge is 0.257 e. The number of hydrogen-bond donors (Lipinski definition) is 4. The van der Waals surface area contributed by atoms with Crippen LogP contribution in [0.2, 0.25) is 0 Å². The summed E-state index contributed by atoms with van der Waals surface area (Å²) in [7, 11) is 5.10. The van der Waals surface area contributed by atoms with Crippen molar-refractivity contribution >= 4 is 46.4 Å². The first-order chi connectivity index (χ1) is 28.8. The van der Waals surface area contributed by atoms with E-state index in [-0.39, 0.29) is 11.5 Å². The molecule has 0 saturated heterocycles. The average Bonchev–Trinajstić information content (AvgIpc) is 3.25. The molecule has 0 radical (unpaired) electrons. The van der Waals surface area contributed by atoms with Crippen LogP contribution < -0.4 is 21.3 Å². The topological polar surface area (TPSA) is 311 Å². The molecular weight excluding hydrogens is 843 g/mol. The molecule has 0 aromatic heterocycles. The van der Waals surface area contributed by atoms with Crippen LogP contribution in [-0.4, -0.2) is 51.8 Å². The average molecular weight is 867 g/mol. The van der Waals surface area contributed by atoms with E-state index in [1.807, 2.05) is 15.5 Å². The Kier molecular flexibility index (Phi) is 20.0. The van der Waals surface area contributed by atoms with Gasteiger partial charge in [0.1, 0.15) is 40.1 Å². The van der Waals surface area contributed by atoms with Gasteiger partial charge in [-0.15, -0.1) is 0 Å². The van der Waals surface area contributed by atoms with Crippen molar-refractivity contribution < 1.29 is 58.7 Å². The van der Waals surface area contributed by atoms with Crippen molar-refractivity contribution in [1.29, 1.82) is 0 Å². The van der Waals surface area contributed by atoms with E-state index >= 15 is 0 Å². The Balaban J connectivity index is 0.000000408. The molecule has 0 saturated carbocycles. The Labute approximate surface area is 333 Å². The third-order valence-corrected chi connectivity index (χ3v) is 6.76. The van der Waals surface area contributed by atoms with Crippen molar-refractivity contribution in [3.05, 3.63) is 159 Å². The van der Waals surface area contributed by atoms with Gasteiger partial charge in [0, 0.05) is 64.7 Å². The molecule has 4 amide bonds. The second-order valence-corrected chi connectivity index (χ2v) is 10.3. The number of carbonyl (C=O) groups excluding carboxylic acids is 4. The van der Waals surface area contributed by atoms with Crippen LogP contribution in [0.4, 0.5) is 62.3 Å². The van der Waals surface area contributed by atoms with E-state index in [1.54, 1.807) is 31.3 Å². The third-order valence-electron chi connectivity index (χ3n) is 6.76. The number of halogens is 9. The van der Waals surface area contributed by atoms with Crippen LogP contribution in [-0.2, 0) is 0 Å². The summed E-state index contributed by atoms with van der Waals surface area (Å²) in [5, 5.41) is 19.9. The zero-order valence-corrected chi connectivity index (χ0v) is 30.9. The van der Waals surface area contributed by atoms with E-state index in [9.17, 15) is 58.7 Å². The molecule has 29 heteroatoms.